The van der Waals surface area contributed by atoms with Gasteiger partial charge in [0.05, 0.1) is 5.92 Å². The third kappa shape index (κ3) is 6.93. The third-order valence-electron chi connectivity index (χ3n) is 4.30. The SMILES string of the molecule is CCCCNC(=O)C1CCC(C)N(CCCCC(=O)O)C1. The van der Waals surface area contributed by atoms with Crippen molar-refractivity contribution < 1.29 is 14.7 Å². The molecule has 0 aromatic carbocycles. The Morgan fingerprint density at radius 1 is 1.24 bits per heavy atom. The van der Waals surface area contributed by atoms with Crippen LogP contribution in [0.3, 0.4) is 0 Å². The molecular weight excluding hydrogens is 268 g/mol. The van der Waals surface area contributed by atoms with Gasteiger partial charge in [0.1, 0.15) is 0 Å². The number of aliphatic carboxylic acids is 1. The number of carbonyl (C=O) groups excluding carboxylic acids is 1. The average Bonchev–Trinajstić information content (AvgIpc) is 2.45. The van der Waals surface area contributed by atoms with Crippen LogP contribution in [-0.2, 0) is 9.59 Å². The lowest BCUT2D eigenvalue weighted by molar-refractivity contribution is -0.137. The van der Waals surface area contributed by atoms with Gasteiger partial charge in [-0.3, -0.25) is 14.5 Å². The van der Waals surface area contributed by atoms with E-state index in [4.69, 9.17) is 5.11 Å². The molecular formula is C16H30N2O3. The molecule has 0 radical (unpaired) electrons. The van der Waals surface area contributed by atoms with Crippen LogP contribution in [0, 0.1) is 5.92 Å². The van der Waals surface area contributed by atoms with Gasteiger partial charge in [0, 0.05) is 25.6 Å². The number of carboxylic acids is 1. The second-order valence-electron chi connectivity index (χ2n) is 6.11. The first-order valence-corrected chi connectivity index (χ1v) is 8.28. The highest BCUT2D eigenvalue weighted by Crippen LogP contribution is 2.22. The number of rotatable bonds is 9. The molecule has 2 N–H and O–H groups in total. The van der Waals surface area contributed by atoms with Crippen LogP contribution in [0.2, 0.25) is 0 Å². The van der Waals surface area contributed by atoms with E-state index in [1.165, 1.54) is 0 Å². The molecule has 2 unspecified atom stereocenters. The maximum Gasteiger partial charge on any atom is 0.303 e. The monoisotopic (exact) mass is 298 g/mol. The topological polar surface area (TPSA) is 69.6 Å². The Bertz CT molecular complexity index is 333. The molecule has 0 bridgehead atoms. The minimum atomic E-state index is -0.727. The number of nitrogens with one attached hydrogen (secondary N) is 1. The smallest absolute Gasteiger partial charge is 0.303 e. The molecule has 0 aromatic heterocycles. The van der Waals surface area contributed by atoms with E-state index < -0.39 is 5.97 Å². The lowest BCUT2D eigenvalue weighted by Gasteiger charge is -2.37. The summed E-state index contributed by atoms with van der Waals surface area (Å²) in [6, 6.07) is 0.495. The predicted octanol–water partition coefficient (Wildman–Crippen LogP) is 2.26. The van der Waals surface area contributed by atoms with E-state index in [1.54, 1.807) is 0 Å². The van der Waals surface area contributed by atoms with Crippen molar-refractivity contribution in [1.82, 2.24) is 10.2 Å². The molecule has 1 saturated heterocycles. The Morgan fingerprint density at radius 2 is 2.00 bits per heavy atom. The molecule has 0 aliphatic carbocycles. The fourth-order valence-corrected chi connectivity index (χ4v) is 2.83. The molecule has 1 fully saturated rings. The molecule has 1 aliphatic heterocycles. The van der Waals surface area contributed by atoms with Gasteiger partial charge in [0.15, 0.2) is 0 Å². The summed E-state index contributed by atoms with van der Waals surface area (Å²) in [6.07, 6.45) is 5.98. The van der Waals surface area contributed by atoms with Gasteiger partial charge >= 0.3 is 5.97 Å². The summed E-state index contributed by atoms with van der Waals surface area (Å²) in [7, 11) is 0. The number of unbranched alkanes of at least 4 members (excludes halogenated alkanes) is 2. The maximum absolute atomic E-state index is 12.1. The van der Waals surface area contributed by atoms with E-state index in [0.29, 0.717) is 12.5 Å². The largest absolute Gasteiger partial charge is 0.481 e. The summed E-state index contributed by atoms with van der Waals surface area (Å²) in [4.78, 5) is 25.0. The highest BCUT2D eigenvalue weighted by molar-refractivity contribution is 5.78. The highest BCUT2D eigenvalue weighted by atomic mass is 16.4. The van der Waals surface area contributed by atoms with E-state index >= 15 is 0 Å². The van der Waals surface area contributed by atoms with Gasteiger partial charge in [-0.15, -0.1) is 0 Å². The molecule has 5 heteroatoms. The Kier molecular flexibility index (Phi) is 8.35. The van der Waals surface area contributed by atoms with Crippen molar-refractivity contribution in [1.29, 1.82) is 0 Å². The summed E-state index contributed by atoms with van der Waals surface area (Å²) in [5, 5.41) is 11.7. The summed E-state index contributed by atoms with van der Waals surface area (Å²) in [5.74, 6) is -0.446. The molecule has 1 amide bonds. The Labute approximate surface area is 128 Å². The van der Waals surface area contributed by atoms with E-state index in [9.17, 15) is 9.59 Å². The van der Waals surface area contributed by atoms with E-state index in [0.717, 1.165) is 51.7 Å². The van der Waals surface area contributed by atoms with Crippen molar-refractivity contribution in [3.05, 3.63) is 0 Å². The van der Waals surface area contributed by atoms with Crippen LogP contribution in [0.5, 0.6) is 0 Å². The van der Waals surface area contributed by atoms with Crippen LogP contribution in [-0.4, -0.2) is 47.6 Å². The van der Waals surface area contributed by atoms with Crippen molar-refractivity contribution in [2.24, 2.45) is 5.92 Å². The van der Waals surface area contributed by atoms with E-state index in [1.807, 2.05) is 0 Å². The van der Waals surface area contributed by atoms with Gasteiger partial charge < -0.3 is 10.4 Å². The average molecular weight is 298 g/mol. The molecule has 1 aliphatic rings. The Morgan fingerprint density at radius 3 is 2.67 bits per heavy atom. The summed E-state index contributed by atoms with van der Waals surface area (Å²) < 4.78 is 0. The normalized spacial score (nSPS) is 23.0. The van der Waals surface area contributed by atoms with Gasteiger partial charge in [-0.1, -0.05) is 13.3 Å². The molecule has 122 valence electrons. The lowest BCUT2D eigenvalue weighted by Crippen LogP contribution is -2.47. The number of nitrogens with zero attached hydrogens (tertiary/aromatic N) is 1. The van der Waals surface area contributed by atoms with Crippen LogP contribution in [0.1, 0.15) is 58.8 Å². The minimum absolute atomic E-state index is 0.0949. The fourth-order valence-electron chi connectivity index (χ4n) is 2.83. The minimum Gasteiger partial charge on any atom is -0.481 e. The molecule has 0 spiro atoms. The molecule has 0 aromatic rings. The Balaban J connectivity index is 2.31. The number of hydrogen-bond acceptors (Lipinski definition) is 3. The second kappa shape index (κ2) is 9.77. The van der Waals surface area contributed by atoms with Crippen LogP contribution in [0.4, 0.5) is 0 Å². The van der Waals surface area contributed by atoms with Gasteiger partial charge in [0.25, 0.3) is 0 Å². The third-order valence-corrected chi connectivity index (χ3v) is 4.30. The summed E-state index contributed by atoms with van der Waals surface area (Å²) >= 11 is 0. The molecule has 21 heavy (non-hydrogen) atoms. The number of likely N-dealkylation sites (tertiary alicyclic amines) is 1. The van der Waals surface area contributed by atoms with Gasteiger partial charge in [-0.2, -0.15) is 0 Å². The zero-order valence-electron chi connectivity index (χ0n) is 13.4. The Hall–Kier alpha value is -1.10. The van der Waals surface area contributed by atoms with Gasteiger partial charge in [-0.05, 0) is 45.6 Å². The van der Waals surface area contributed by atoms with Gasteiger partial charge in [-0.25, -0.2) is 0 Å². The first-order valence-electron chi connectivity index (χ1n) is 8.28. The number of carbonyl (C=O) groups is 2. The predicted molar refractivity (Wildman–Crippen MR) is 83.2 cm³/mol. The van der Waals surface area contributed by atoms with Crippen molar-refractivity contribution in [3.8, 4) is 0 Å². The van der Waals surface area contributed by atoms with Crippen LogP contribution in [0.15, 0.2) is 0 Å². The molecule has 1 rings (SSSR count). The highest BCUT2D eigenvalue weighted by Gasteiger charge is 2.29. The molecule has 2 atom stereocenters. The first kappa shape index (κ1) is 18.0. The second-order valence-corrected chi connectivity index (χ2v) is 6.11. The van der Waals surface area contributed by atoms with Crippen molar-refractivity contribution >= 4 is 11.9 Å². The zero-order valence-corrected chi connectivity index (χ0v) is 13.4. The lowest BCUT2D eigenvalue weighted by atomic mass is 9.92. The standard InChI is InChI=1S/C16H30N2O3/c1-3-4-10-17-16(21)14-9-8-13(2)18(12-14)11-6-5-7-15(19)20/h13-14H,3-12H2,1-2H3,(H,17,21)(H,19,20). The van der Waals surface area contributed by atoms with E-state index in [2.05, 4.69) is 24.1 Å². The van der Waals surface area contributed by atoms with Crippen LogP contribution in [0.25, 0.3) is 0 Å². The maximum atomic E-state index is 12.1. The van der Waals surface area contributed by atoms with Gasteiger partial charge in [0.2, 0.25) is 5.91 Å². The molecule has 1 heterocycles. The number of amides is 1. The number of carboxylic acid groups (broad SMARTS) is 1. The molecule has 5 nitrogen and oxygen atoms in total. The fraction of sp³-hybridized carbons (Fsp3) is 0.875. The number of hydrogen-bond donors (Lipinski definition) is 2. The first-order chi connectivity index (χ1) is 10.0. The zero-order chi connectivity index (χ0) is 15.7. The van der Waals surface area contributed by atoms with Crippen LogP contribution >= 0.6 is 0 Å². The number of piperidine rings is 1. The molecule has 0 saturated carbocycles. The van der Waals surface area contributed by atoms with Crippen molar-refractivity contribution in [2.75, 3.05) is 19.6 Å². The van der Waals surface area contributed by atoms with E-state index in [-0.39, 0.29) is 18.2 Å². The summed E-state index contributed by atoms with van der Waals surface area (Å²) in [5.41, 5.74) is 0. The quantitative estimate of drug-likeness (QED) is 0.641. The van der Waals surface area contributed by atoms with Crippen molar-refractivity contribution in [3.63, 3.8) is 0 Å². The summed E-state index contributed by atoms with van der Waals surface area (Å²) in [6.45, 7) is 6.80. The van der Waals surface area contributed by atoms with Crippen LogP contribution < -0.4 is 5.32 Å². The van der Waals surface area contributed by atoms with Crippen molar-refractivity contribution in [2.45, 2.75) is 64.8 Å².